The summed E-state index contributed by atoms with van der Waals surface area (Å²) in [5, 5.41) is 12.0. The molecule has 1 aromatic heterocycles. The standard InChI is InChI=1S/C13H13FN6/c1-7-12(17-8(2)18-13(7)20-16)19-11-4-3-10(14)5-9(11)6-15/h3-5H,16H2,1-2H3,(H2,17,18,19,20). The molecule has 20 heavy (non-hydrogen) atoms. The number of hydrogen-bond acceptors (Lipinski definition) is 6. The molecule has 0 atom stereocenters. The minimum atomic E-state index is -0.466. The van der Waals surface area contributed by atoms with Gasteiger partial charge in [-0.15, -0.1) is 0 Å². The van der Waals surface area contributed by atoms with Gasteiger partial charge in [0.2, 0.25) is 0 Å². The summed E-state index contributed by atoms with van der Waals surface area (Å²) in [5.41, 5.74) is 3.85. The van der Waals surface area contributed by atoms with Gasteiger partial charge in [-0.05, 0) is 32.0 Å². The van der Waals surface area contributed by atoms with Crippen molar-refractivity contribution in [2.45, 2.75) is 13.8 Å². The third kappa shape index (κ3) is 2.65. The van der Waals surface area contributed by atoms with Crippen molar-refractivity contribution in [1.29, 1.82) is 5.26 Å². The van der Waals surface area contributed by atoms with Gasteiger partial charge in [-0.2, -0.15) is 5.26 Å². The molecule has 6 nitrogen and oxygen atoms in total. The van der Waals surface area contributed by atoms with E-state index < -0.39 is 5.82 Å². The number of aryl methyl sites for hydroxylation is 1. The van der Waals surface area contributed by atoms with Crippen LogP contribution in [0.25, 0.3) is 0 Å². The predicted octanol–water partition coefficient (Wildman–Crippen LogP) is 2.13. The lowest BCUT2D eigenvalue weighted by molar-refractivity contribution is 0.627. The molecule has 0 fully saturated rings. The van der Waals surface area contributed by atoms with Crippen LogP contribution < -0.4 is 16.6 Å². The van der Waals surface area contributed by atoms with E-state index in [1.807, 2.05) is 6.07 Å². The average Bonchev–Trinajstić information content (AvgIpc) is 2.44. The van der Waals surface area contributed by atoms with Gasteiger partial charge in [0.05, 0.1) is 11.3 Å². The lowest BCUT2D eigenvalue weighted by atomic mass is 10.2. The topological polar surface area (TPSA) is 99.6 Å². The van der Waals surface area contributed by atoms with Crippen LogP contribution in [-0.4, -0.2) is 9.97 Å². The maximum Gasteiger partial charge on any atom is 0.148 e. The summed E-state index contributed by atoms with van der Waals surface area (Å²) >= 11 is 0. The summed E-state index contributed by atoms with van der Waals surface area (Å²) in [6.45, 7) is 3.51. The number of anilines is 3. The summed E-state index contributed by atoms with van der Waals surface area (Å²) in [7, 11) is 0. The molecule has 0 saturated heterocycles. The van der Waals surface area contributed by atoms with Gasteiger partial charge in [0.15, 0.2) is 0 Å². The summed E-state index contributed by atoms with van der Waals surface area (Å²) < 4.78 is 13.1. The molecule has 1 aromatic carbocycles. The van der Waals surface area contributed by atoms with Gasteiger partial charge in [0.25, 0.3) is 0 Å². The van der Waals surface area contributed by atoms with Crippen LogP contribution in [-0.2, 0) is 0 Å². The molecular formula is C13H13FN6. The van der Waals surface area contributed by atoms with Crippen LogP contribution in [0.3, 0.4) is 0 Å². The van der Waals surface area contributed by atoms with Crippen molar-refractivity contribution in [1.82, 2.24) is 9.97 Å². The Morgan fingerprint density at radius 1 is 1.25 bits per heavy atom. The molecule has 0 saturated carbocycles. The number of nitrogens with two attached hydrogens (primary N) is 1. The first-order valence-electron chi connectivity index (χ1n) is 5.83. The Balaban J connectivity index is 2.45. The Bertz CT molecular complexity index is 692. The second-order valence-electron chi connectivity index (χ2n) is 4.16. The third-order valence-electron chi connectivity index (χ3n) is 2.75. The van der Waals surface area contributed by atoms with E-state index in [0.29, 0.717) is 28.7 Å². The Morgan fingerprint density at radius 3 is 2.60 bits per heavy atom. The van der Waals surface area contributed by atoms with Gasteiger partial charge in [0.1, 0.15) is 29.3 Å². The van der Waals surface area contributed by atoms with Crippen molar-refractivity contribution in [3.8, 4) is 6.07 Å². The zero-order valence-electron chi connectivity index (χ0n) is 11.0. The van der Waals surface area contributed by atoms with Gasteiger partial charge >= 0.3 is 0 Å². The Labute approximate surface area is 115 Å². The number of hydrazine groups is 1. The molecule has 0 aliphatic rings. The molecule has 2 rings (SSSR count). The third-order valence-corrected chi connectivity index (χ3v) is 2.75. The fraction of sp³-hybridized carbons (Fsp3) is 0.154. The molecular weight excluding hydrogens is 259 g/mol. The van der Waals surface area contributed by atoms with Crippen molar-refractivity contribution in [3.63, 3.8) is 0 Å². The molecule has 0 unspecified atom stereocenters. The van der Waals surface area contributed by atoms with E-state index in [1.54, 1.807) is 13.8 Å². The Morgan fingerprint density at radius 2 is 1.95 bits per heavy atom. The van der Waals surface area contributed by atoms with Crippen LogP contribution in [0.2, 0.25) is 0 Å². The molecule has 0 aliphatic heterocycles. The number of nitrogens with one attached hydrogen (secondary N) is 2. The van der Waals surface area contributed by atoms with Crippen LogP contribution >= 0.6 is 0 Å². The average molecular weight is 272 g/mol. The van der Waals surface area contributed by atoms with Crippen LogP contribution in [0, 0.1) is 31.0 Å². The van der Waals surface area contributed by atoms with Crippen LogP contribution in [0.1, 0.15) is 17.0 Å². The summed E-state index contributed by atoms with van der Waals surface area (Å²) in [4.78, 5) is 8.39. The number of hydrogen-bond donors (Lipinski definition) is 3. The maximum absolute atomic E-state index is 13.1. The van der Waals surface area contributed by atoms with E-state index in [9.17, 15) is 4.39 Å². The van der Waals surface area contributed by atoms with Gasteiger partial charge in [-0.25, -0.2) is 20.2 Å². The number of rotatable bonds is 3. The fourth-order valence-corrected chi connectivity index (χ4v) is 1.74. The van der Waals surface area contributed by atoms with Crippen molar-refractivity contribution in [2.24, 2.45) is 5.84 Å². The molecule has 102 valence electrons. The van der Waals surface area contributed by atoms with Crippen molar-refractivity contribution in [2.75, 3.05) is 10.7 Å². The molecule has 7 heteroatoms. The fourth-order valence-electron chi connectivity index (χ4n) is 1.74. The van der Waals surface area contributed by atoms with Crippen molar-refractivity contribution < 1.29 is 4.39 Å². The molecule has 0 radical (unpaired) electrons. The second kappa shape index (κ2) is 5.50. The lowest BCUT2D eigenvalue weighted by Gasteiger charge is -2.13. The number of nitriles is 1. The highest BCUT2D eigenvalue weighted by Crippen LogP contribution is 2.25. The maximum atomic E-state index is 13.1. The highest BCUT2D eigenvalue weighted by Gasteiger charge is 2.11. The summed E-state index contributed by atoms with van der Waals surface area (Å²) in [6, 6.07) is 5.85. The number of nitrogens with zero attached hydrogens (tertiary/aromatic N) is 3. The molecule has 4 N–H and O–H groups in total. The Kier molecular flexibility index (Phi) is 3.77. The molecule has 0 amide bonds. The zero-order chi connectivity index (χ0) is 14.7. The smallest absolute Gasteiger partial charge is 0.148 e. The van der Waals surface area contributed by atoms with Gasteiger partial charge in [-0.1, -0.05) is 0 Å². The minimum absolute atomic E-state index is 0.197. The highest BCUT2D eigenvalue weighted by molar-refractivity contribution is 5.68. The van der Waals surface area contributed by atoms with Gasteiger partial charge in [-0.3, -0.25) is 0 Å². The van der Waals surface area contributed by atoms with E-state index in [1.165, 1.54) is 12.1 Å². The quantitative estimate of drug-likeness (QED) is 0.584. The number of halogens is 1. The molecule has 2 aromatic rings. The molecule has 0 bridgehead atoms. The normalized spacial score (nSPS) is 9.95. The molecule has 0 spiro atoms. The first-order valence-corrected chi connectivity index (χ1v) is 5.83. The van der Waals surface area contributed by atoms with Gasteiger partial charge < -0.3 is 10.7 Å². The zero-order valence-corrected chi connectivity index (χ0v) is 11.0. The number of nitrogen functional groups attached to an aromatic ring is 1. The van der Waals surface area contributed by atoms with E-state index >= 15 is 0 Å². The summed E-state index contributed by atoms with van der Waals surface area (Å²) in [5.74, 6) is 6.44. The first kappa shape index (κ1) is 13.7. The lowest BCUT2D eigenvalue weighted by Crippen LogP contribution is -2.13. The minimum Gasteiger partial charge on any atom is -0.339 e. The number of benzene rings is 1. The van der Waals surface area contributed by atoms with Crippen molar-refractivity contribution in [3.05, 3.63) is 41.0 Å². The van der Waals surface area contributed by atoms with Crippen molar-refractivity contribution >= 4 is 17.3 Å². The van der Waals surface area contributed by atoms with Crippen LogP contribution in [0.4, 0.5) is 21.7 Å². The summed E-state index contributed by atoms with van der Waals surface area (Å²) in [6.07, 6.45) is 0. The Hall–Kier alpha value is -2.72. The highest BCUT2D eigenvalue weighted by atomic mass is 19.1. The molecule has 1 heterocycles. The van der Waals surface area contributed by atoms with Crippen LogP contribution in [0.5, 0.6) is 0 Å². The first-order chi connectivity index (χ1) is 9.55. The van der Waals surface area contributed by atoms with E-state index in [-0.39, 0.29) is 5.56 Å². The second-order valence-corrected chi connectivity index (χ2v) is 4.16. The SMILES string of the molecule is Cc1nc(NN)c(C)c(Nc2ccc(F)cc2C#N)n1. The monoisotopic (exact) mass is 272 g/mol. The van der Waals surface area contributed by atoms with Crippen LogP contribution in [0.15, 0.2) is 18.2 Å². The van der Waals surface area contributed by atoms with E-state index in [4.69, 9.17) is 11.1 Å². The predicted molar refractivity (Wildman–Crippen MR) is 73.7 cm³/mol. The number of aromatic nitrogens is 2. The van der Waals surface area contributed by atoms with E-state index in [0.717, 1.165) is 6.07 Å². The van der Waals surface area contributed by atoms with E-state index in [2.05, 4.69) is 20.7 Å². The molecule has 0 aliphatic carbocycles. The largest absolute Gasteiger partial charge is 0.339 e. The van der Waals surface area contributed by atoms with Gasteiger partial charge in [0, 0.05) is 5.56 Å².